The van der Waals surface area contributed by atoms with Crippen LogP contribution in [0, 0.1) is 6.92 Å². The van der Waals surface area contributed by atoms with Crippen LogP contribution in [-0.4, -0.2) is 6.10 Å². The maximum atomic E-state index is 5.54. The van der Waals surface area contributed by atoms with Crippen LogP contribution in [0.5, 0.6) is 5.75 Å². The lowest BCUT2D eigenvalue weighted by Gasteiger charge is -2.14. The highest BCUT2D eigenvalue weighted by atomic mass is 79.9. The highest BCUT2D eigenvalue weighted by molar-refractivity contribution is 9.38. The zero-order valence-corrected chi connectivity index (χ0v) is 11.0. The Balaban J connectivity index is 2.47. The van der Waals surface area contributed by atoms with Gasteiger partial charge in [-0.2, -0.15) is 0 Å². The summed E-state index contributed by atoms with van der Waals surface area (Å²) < 4.78 is 11.0. The molecule has 0 aliphatic carbocycles. The molecule has 0 radical (unpaired) electrons. The Morgan fingerprint density at radius 3 is 2.29 bits per heavy atom. The third-order valence-electron chi connectivity index (χ3n) is 1.49. The summed E-state index contributed by atoms with van der Waals surface area (Å²) in [7, 11) is -0.993. The molecule has 0 saturated heterocycles. The van der Waals surface area contributed by atoms with Gasteiger partial charge >= 0.3 is 7.08 Å². The Bertz CT molecular complexity index is 274. The molecule has 0 aliphatic rings. The number of aryl methyl sites for hydroxylation is 1. The fraction of sp³-hybridized carbons (Fsp3) is 0.400. The zero-order valence-electron chi connectivity index (χ0n) is 8.53. The largest absolute Gasteiger partial charge is 0.439 e. The summed E-state index contributed by atoms with van der Waals surface area (Å²) in [5.74, 6) is 0.833. The monoisotopic (exact) mass is 276 g/mol. The van der Waals surface area contributed by atoms with E-state index in [1.54, 1.807) is 0 Å². The molecule has 2 nitrogen and oxygen atoms in total. The Kier molecular flexibility index (Phi) is 4.86. The van der Waals surface area contributed by atoms with E-state index in [0.29, 0.717) is 0 Å². The molecule has 0 N–H and O–H groups in total. The van der Waals surface area contributed by atoms with Gasteiger partial charge in [0, 0.05) is 15.5 Å². The Morgan fingerprint density at radius 1 is 1.21 bits per heavy atom. The minimum atomic E-state index is -0.993. The smallest absolute Gasteiger partial charge is 0.307 e. The summed E-state index contributed by atoms with van der Waals surface area (Å²) in [6, 6.07) is 7.91. The molecule has 1 atom stereocenters. The maximum absolute atomic E-state index is 5.54. The molecule has 1 rings (SSSR count). The zero-order chi connectivity index (χ0) is 10.6. The van der Waals surface area contributed by atoms with Crippen LogP contribution < -0.4 is 4.52 Å². The van der Waals surface area contributed by atoms with Crippen LogP contribution in [0.15, 0.2) is 24.3 Å². The molecule has 0 fully saturated rings. The molecule has 1 unspecified atom stereocenters. The van der Waals surface area contributed by atoms with Crippen LogP contribution in [-0.2, 0) is 4.52 Å². The van der Waals surface area contributed by atoms with E-state index in [-0.39, 0.29) is 6.10 Å². The Hall–Kier alpha value is -0.110. The lowest BCUT2D eigenvalue weighted by Crippen LogP contribution is -1.97. The van der Waals surface area contributed by atoms with Crippen LogP contribution >= 0.6 is 22.6 Å². The quantitative estimate of drug-likeness (QED) is 0.758. The second kappa shape index (κ2) is 5.69. The molecule has 1 aromatic carbocycles. The molecule has 1 aromatic rings. The van der Waals surface area contributed by atoms with Gasteiger partial charge in [0.25, 0.3) is 0 Å². The van der Waals surface area contributed by atoms with Crippen molar-refractivity contribution in [3.8, 4) is 5.75 Å². The highest BCUT2D eigenvalue weighted by Gasteiger charge is 2.09. The van der Waals surface area contributed by atoms with E-state index in [2.05, 4.69) is 15.5 Å². The average molecular weight is 277 g/mol. The van der Waals surface area contributed by atoms with Gasteiger partial charge in [0.1, 0.15) is 5.75 Å². The number of hydrogen-bond acceptors (Lipinski definition) is 2. The van der Waals surface area contributed by atoms with Gasteiger partial charge in [0.15, 0.2) is 0 Å². The van der Waals surface area contributed by atoms with E-state index in [4.69, 9.17) is 9.05 Å². The van der Waals surface area contributed by atoms with Gasteiger partial charge < -0.3 is 9.05 Å². The van der Waals surface area contributed by atoms with Crippen LogP contribution in [0.2, 0.25) is 0 Å². The second-order valence-corrected chi connectivity index (χ2v) is 5.83. The van der Waals surface area contributed by atoms with Crippen LogP contribution in [0.4, 0.5) is 0 Å². The number of rotatable bonds is 4. The van der Waals surface area contributed by atoms with Gasteiger partial charge in [-0.15, -0.1) is 0 Å². The molecule has 0 aliphatic heterocycles. The van der Waals surface area contributed by atoms with Gasteiger partial charge in [-0.05, 0) is 32.9 Å². The second-order valence-electron chi connectivity index (χ2n) is 3.27. The SMILES string of the molecule is Cc1ccc(OP(Br)OC(C)C)cc1. The van der Waals surface area contributed by atoms with E-state index >= 15 is 0 Å². The minimum absolute atomic E-state index is 0.172. The topological polar surface area (TPSA) is 18.5 Å². The molecule has 14 heavy (non-hydrogen) atoms. The van der Waals surface area contributed by atoms with Crippen molar-refractivity contribution in [2.75, 3.05) is 0 Å². The number of benzene rings is 1. The van der Waals surface area contributed by atoms with Crippen molar-refractivity contribution in [3.63, 3.8) is 0 Å². The summed E-state index contributed by atoms with van der Waals surface area (Å²) in [6.07, 6.45) is 0.172. The molecule has 0 amide bonds. The summed E-state index contributed by atoms with van der Waals surface area (Å²) >= 11 is 3.35. The van der Waals surface area contributed by atoms with Gasteiger partial charge in [-0.25, -0.2) is 0 Å². The van der Waals surface area contributed by atoms with Gasteiger partial charge in [0.05, 0.1) is 6.10 Å². The summed E-state index contributed by atoms with van der Waals surface area (Å²) in [6.45, 7) is 6.01. The van der Waals surface area contributed by atoms with Crippen molar-refractivity contribution in [3.05, 3.63) is 29.8 Å². The first kappa shape index (κ1) is 12.0. The molecule has 0 spiro atoms. The molecule has 0 aromatic heterocycles. The molecule has 0 saturated carbocycles. The predicted molar refractivity (Wildman–Crippen MR) is 63.9 cm³/mol. The fourth-order valence-corrected chi connectivity index (χ4v) is 3.04. The highest BCUT2D eigenvalue weighted by Crippen LogP contribution is 2.47. The lowest BCUT2D eigenvalue weighted by atomic mass is 10.2. The molecule has 4 heteroatoms. The Morgan fingerprint density at radius 2 is 1.79 bits per heavy atom. The van der Waals surface area contributed by atoms with E-state index in [0.717, 1.165) is 5.75 Å². The first-order chi connectivity index (χ1) is 6.58. The maximum Gasteiger partial charge on any atom is 0.307 e. The lowest BCUT2D eigenvalue weighted by molar-refractivity contribution is 0.254. The van der Waals surface area contributed by atoms with E-state index in [9.17, 15) is 0 Å². The van der Waals surface area contributed by atoms with Crippen molar-refractivity contribution >= 4 is 22.6 Å². The van der Waals surface area contributed by atoms with Gasteiger partial charge in [-0.3, -0.25) is 0 Å². The third kappa shape index (κ3) is 4.41. The van der Waals surface area contributed by atoms with Crippen molar-refractivity contribution in [1.29, 1.82) is 0 Å². The van der Waals surface area contributed by atoms with E-state index in [1.807, 2.05) is 45.0 Å². The Labute approximate surface area is 94.3 Å². The predicted octanol–water partition coefficient (Wildman–Crippen LogP) is 4.42. The van der Waals surface area contributed by atoms with Gasteiger partial charge in [-0.1, -0.05) is 17.7 Å². The number of hydrogen-bond donors (Lipinski definition) is 0. The van der Waals surface area contributed by atoms with Crippen LogP contribution in [0.1, 0.15) is 19.4 Å². The average Bonchev–Trinajstić information content (AvgIpc) is 2.07. The third-order valence-corrected chi connectivity index (χ3v) is 3.37. The van der Waals surface area contributed by atoms with Crippen molar-refractivity contribution in [2.24, 2.45) is 0 Å². The first-order valence-corrected chi connectivity index (χ1v) is 7.65. The summed E-state index contributed by atoms with van der Waals surface area (Å²) in [5, 5.41) is 0. The van der Waals surface area contributed by atoms with Crippen LogP contribution in [0.3, 0.4) is 0 Å². The number of halogens is 1. The fourth-order valence-electron chi connectivity index (χ4n) is 0.869. The molecule has 0 heterocycles. The molecule has 78 valence electrons. The summed E-state index contributed by atoms with van der Waals surface area (Å²) in [4.78, 5) is 0. The van der Waals surface area contributed by atoms with Crippen molar-refractivity contribution < 1.29 is 9.05 Å². The normalized spacial score (nSPS) is 12.9. The minimum Gasteiger partial charge on any atom is -0.439 e. The molecule has 0 bridgehead atoms. The standard InChI is InChI=1S/C10H14BrO2P/c1-8(2)12-14(11)13-10-6-4-9(3)5-7-10/h4-8H,1-3H3. The van der Waals surface area contributed by atoms with E-state index in [1.165, 1.54) is 5.56 Å². The van der Waals surface area contributed by atoms with Gasteiger partial charge in [0.2, 0.25) is 0 Å². The molecular weight excluding hydrogens is 263 g/mol. The summed E-state index contributed by atoms with van der Waals surface area (Å²) in [5.41, 5.74) is 1.22. The van der Waals surface area contributed by atoms with Crippen molar-refractivity contribution in [2.45, 2.75) is 26.9 Å². The van der Waals surface area contributed by atoms with E-state index < -0.39 is 7.08 Å². The van der Waals surface area contributed by atoms with Crippen LogP contribution in [0.25, 0.3) is 0 Å². The molecular formula is C10H14BrO2P. The van der Waals surface area contributed by atoms with Crippen molar-refractivity contribution in [1.82, 2.24) is 0 Å². The first-order valence-electron chi connectivity index (χ1n) is 4.45.